The lowest BCUT2D eigenvalue weighted by atomic mass is 10.1. The van der Waals surface area contributed by atoms with Crippen molar-refractivity contribution in [3.63, 3.8) is 0 Å². The van der Waals surface area contributed by atoms with Crippen LogP contribution in [-0.4, -0.2) is 35.5 Å². The standard InChI is InChI=1S/C16H18N2O2S/c19-16(11-7-9-20-10-11)18-8-3-5-13(18)15-17-12-4-1-2-6-14(12)21-15/h1-2,4,6,11,13H,3,5,7-10H2/t11-,13-/m1/s1. The minimum Gasteiger partial charge on any atom is -0.381 e. The third kappa shape index (κ3) is 2.34. The number of nitrogens with zero attached hydrogens (tertiary/aromatic N) is 2. The van der Waals surface area contributed by atoms with Crippen LogP contribution in [0, 0.1) is 5.92 Å². The number of benzene rings is 1. The quantitative estimate of drug-likeness (QED) is 0.856. The molecule has 2 fully saturated rings. The lowest BCUT2D eigenvalue weighted by Gasteiger charge is -2.25. The van der Waals surface area contributed by atoms with Crippen LogP contribution in [0.1, 0.15) is 30.3 Å². The first-order valence-electron chi connectivity index (χ1n) is 7.56. The predicted octanol–water partition coefficient (Wildman–Crippen LogP) is 3.00. The van der Waals surface area contributed by atoms with E-state index in [1.807, 2.05) is 23.1 Å². The van der Waals surface area contributed by atoms with Gasteiger partial charge in [-0.1, -0.05) is 12.1 Å². The van der Waals surface area contributed by atoms with Crippen molar-refractivity contribution in [3.8, 4) is 0 Å². The van der Waals surface area contributed by atoms with Crippen molar-refractivity contribution in [3.05, 3.63) is 29.3 Å². The Labute approximate surface area is 127 Å². The molecule has 2 aliphatic rings. The lowest BCUT2D eigenvalue weighted by molar-refractivity contribution is -0.136. The molecule has 1 aromatic heterocycles. The lowest BCUT2D eigenvalue weighted by Crippen LogP contribution is -2.36. The van der Waals surface area contributed by atoms with E-state index in [9.17, 15) is 4.79 Å². The fourth-order valence-electron chi connectivity index (χ4n) is 3.28. The van der Waals surface area contributed by atoms with Gasteiger partial charge in [-0.25, -0.2) is 4.98 Å². The number of hydrogen-bond donors (Lipinski definition) is 0. The number of carbonyl (C=O) groups is 1. The third-order valence-electron chi connectivity index (χ3n) is 4.41. The van der Waals surface area contributed by atoms with E-state index in [4.69, 9.17) is 9.72 Å². The maximum Gasteiger partial charge on any atom is 0.228 e. The van der Waals surface area contributed by atoms with Crippen molar-refractivity contribution in [2.45, 2.75) is 25.3 Å². The molecule has 2 aliphatic heterocycles. The van der Waals surface area contributed by atoms with Gasteiger partial charge in [-0.3, -0.25) is 4.79 Å². The number of thiazole rings is 1. The highest BCUT2D eigenvalue weighted by Gasteiger charge is 2.36. The monoisotopic (exact) mass is 302 g/mol. The molecule has 2 atom stereocenters. The van der Waals surface area contributed by atoms with Crippen LogP contribution in [-0.2, 0) is 9.53 Å². The first-order valence-corrected chi connectivity index (χ1v) is 8.38. The van der Waals surface area contributed by atoms with Gasteiger partial charge in [0, 0.05) is 13.2 Å². The highest BCUT2D eigenvalue weighted by molar-refractivity contribution is 7.18. The van der Waals surface area contributed by atoms with Gasteiger partial charge in [0.15, 0.2) is 0 Å². The molecule has 1 amide bonds. The summed E-state index contributed by atoms with van der Waals surface area (Å²) < 4.78 is 6.57. The number of fused-ring (bicyclic) bond motifs is 1. The summed E-state index contributed by atoms with van der Waals surface area (Å²) >= 11 is 1.72. The maximum absolute atomic E-state index is 12.7. The Morgan fingerprint density at radius 3 is 3.05 bits per heavy atom. The van der Waals surface area contributed by atoms with Gasteiger partial charge in [0.1, 0.15) is 5.01 Å². The van der Waals surface area contributed by atoms with Gasteiger partial charge in [-0.2, -0.15) is 0 Å². The van der Waals surface area contributed by atoms with Crippen molar-refractivity contribution < 1.29 is 9.53 Å². The highest BCUT2D eigenvalue weighted by atomic mass is 32.1. The number of likely N-dealkylation sites (tertiary alicyclic amines) is 1. The molecule has 5 heteroatoms. The predicted molar refractivity (Wildman–Crippen MR) is 82.2 cm³/mol. The summed E-state index contributed by atoms with van der Waals surface area (Å²) in [6.45, 7) is 2.16. The summed E-state index contributed by atoms with van der Waals surface area (Å²) in [6, 6.07) is 8.36. The number of hydrogen-bond acceptors (Lipinski definition) is 4. The molecule has 21 heavy (non-hydrogen) atoms. The van der Waals surface area contributed by atoms with E-state index in [-0.39, 0.29) is 17.9 Å². The van der Waals surface area contributed by atoms with Gasteiger partial charge in [0.2, 0.25) is 5.91 Å². The number of aromatic nitrogens is 1. The molecule has 2 aromatic rings. The van der Waals surface area contributed by atoms with Crippen molar-refractivity contribution in [1.82, 2.24) is 9.88 Å². The Kier molecular flexibility index (Phi) is 3.39. The zero-order valence-electron chi connectivity index (χ0n) is 11.8. The van der Waals surface area contributed by atoms with Crippen LogP contribution < -0.4 is 0 Å². The van der Waals surface area contributed by atoms with Crippen LogP contribution in [0.5, 0.6) is 0 Å². The molecule has 0 bridgehead atoms. The fraction of sp³-hybridized carbons (Fsp3) is 0.500. The Morgan fingerprint density at radius 1 is 1.33 bits per heavy atom. The number of rotatable bonds is 2. The van der Waals surface area contributed by atoms with Crippen LogP contribution in [0.15, 0.2) is 24.3 Å². The largest absolute Gasteiger partial charge is 0.381 e. The molecule has 2 saturated heterocycles. The smallest absolute Gasteiger partial charge is 0.228 e. The Hall–Kier alpha value is -1.46. The van der Waals surface area contributed by atoms with E-state index in [0.29, 0.717) is 6.61 Å². The van der Waals surface area contributed by atoms with Crippen LogP contribution in [0.2, 0.25) is 0 Å². The normalized spacial score (nSPS) is 25.8. The Morgan fingerprint density at radius 2 is 2.24 bits per heavy atom. The van der Waals surface area contributed by atoms with E-state index >= 15 is 0 Å². The van der Waals surface area contributed by atoms with E-state index in [0.717, 1.165) is 42.9 Å². The molecule has 0 radical (unpaired) electrons. The van der Waals surface area contributed by atoms with E-state index in [1.165, 1.54) is 4.70 Å². The zero-order chi connectivity index (χ0) is 14.2. The Bertz CT molecular complexity index is 630. The minimum absolute atomic E-state index is 0.0555. The number of para-hydroxylation sites is 1. The maximum atomic E-state index is 12.7. The van der Waals surface area contributed by atoms with E-state index in [2.05, 4.69) is 6.07 Å². The molecule has 1 aromatic carbocycles. The molecule has 110 valence electrons. The van der Waals surface area contributed by atoms with Crippen molar-refractivity contribution in [2.75, 3.05) is 19.8 Å². The molecule has 4 nitrogen and oxygen atoms in total. The molecular weight excluding hydrogens is 284 g/mol. The zero-order valence-corrected chi connectivity index (χ0v) is 12.6. The van der Waals surface area contributed by atoms with Gasteiger partial charge < -0.3 is 9.64 Å². The van der Waals surface area contributed by atoms with Gasteiger partial charge in [0.05, 0.1) is 28.8 Å². The van der Waals surface area contributed by atoms with Crippen LogP contribution in [0.4, 0.5) is 0 Å². The number of ether oxygens (including phenoxy) is 1. The van der Waals surface area contributed by atoms with Crippen LogP contribution in [0.3, 0.4) is 0 Å². The molecule has 4 rings (SSSR count). The molecule has 0 unspecified atom stereocenters. The second-order valence-electron chi connectivity index (χ2n) is 5.77. The van der Waals surface area contributed by atoms with E-state index in [1.54, 1.807) is 11.3 Å². The third-order valence-corrected chi connectivity index (χ3v) is 5.55. The van der Waals surface area contributed by atoms with Gasteiger partial charge in [0.25, 0.3) is 0 Å². The minimum atomic E-state index is 0.0555. The van der Waals surface area contributed by atoms with Gasteiger partial charge in [-0.15, -0.1) is 11.3 Å². The van der Waals surface area contributed by atoms with E-state index < -0.39 is 0 Å². The average molecular weight is 302 g/mol. The second-order valence-corrected chi connectivity index (χ2v) is 6.83. The second kappa shape index (κ2) is 5.39. The van der Waals surface area contributed by atoms with Gasteiger partial charge >= 0.3 is 0 Å². The Balaban J connectivity index is 1.62. The summed E-state index contributed by atoms with van der Waals surface area (Å²) in [6.07, 6.45) is 2.96. The summed E-state index contributed by atoms with van der Waals surface area (Å²) in [5.41, 5.74) is 1.04. The number of carbonyl (C=O) groups excluding carboxylic acids is 1. The molecule has 0 saturated carbocycles. The molecule has 0 spiro atoms. The molecule has 0 aliphatic carbocycles. The fourth-order valence-corrected chi connectivity index (χ4v) is 4.40. The first kappa shape index (κ1) is 13.2. The summed E-state index contributed by atoms with van der Waals surface area (Å²) in [4.78, 5) is 19.5. The van der Waals surface area contributed by atoms with Crippen LogP contribution in [0.25, 0.3) is 10.2 Å². The summed E-state index contributed by atoms with van der Waals surface area (Å²) in [5.74, 6) is 0.314. The average Bonchev–Trinajstić information content (AvgIpc) is 3.24. The molecule has 0 N–H and O–H groups in total. The first-order chi connectivity index (χ1) is 10.3. The van der Waals surface area contributed by atoms with Crippen molar-refractivity contribution >= 4 is 27.5 Å². The van der Waals surface area contributed by atoms with Gasteiger partial charge in [-0.05, 0) is 31.4 Å². The molecular formula is C16H18N2O2S. The van der Waals surface area contributed by atoms with Crippen molar-refractivity contribution in [2.24, 2.45) is 5.92 Å². The topological polar surface area (TPSA) is 42.4 Å². The van der Waals surface area contributed by atoms with Crippen LogP contribution >= 0.6 is 11.3 Å². The van der Waals surface area contributed by atoms with Crippen molar-refractivity contribution in [1.29, 1.82) is 0 Å². The summed E-state index contributed by atoms with van der Waals surface area (Å²) in [5, 5.41) is 1.08. The SMILES string of the molecule is O=C([C@@H]1CCOC1)N1CCC[C@@H]1c1nc2ccccc2s1. The highest BCUT2D eigenvalue weighted by Crippen LogP contribution is 2.37. The molecule has 3 heterocycles. The number of amides is 1. The summed E-state index contributed by atoms with van der Waals surface area (Å²) in [7, 11) is 0.